The lowest BCUT2D eigenvalue weighted by Gasteiger charge is -2.09. The van der Waals surface area contributed by atoms with Crippen molar-refractivity contribution in [2.24, 2.45) is 10.2 Å². The Morgan fingerprint density at radius 3 is 2.17 bits per heavy atom. The zero-order valence-corrected chi connectivity index (χ0v) is 19.7. The van der Waals surface area contributed by atoms with Gasteiger partial charge in [-0.3, -0.25) is 9.11 Å². The molecule has 6 N–H and O–H groups in total. The Labute approximate surface area is 198 Å². The summed E-state index contributed by atoms with van der Waals surface area (Å²) in [6.45, 7) is -0.880. The summed E-state index contributed by atoms with van der Waals surface area (Å²) in [4.78, 5) is -1.24. The van der Waals surface area contributed by atoms with Crippen molar-refractivity contribution < 1.29 is 48.8 Å². The van der Waals surface area contributed by atoms with Gasteiger partial charge in [0.05, 0.1) is 17.3 Å². The summed E-state index contributed by atoms with van der Waals surface area (Å²) in [5, 5.41) is 28.3. The van der Waals surface area contributed by atoms with E-state index < -0.39 is 69.7 Å². The maximum atomic E-state index is 12.3. The molecule has 0 radical (unpaired) electrons. The number of phenolic OH excluding ortho intramolecular Hbond substituents is 2. The van der Waals surface area contributed by atoms with Crippen molar-refractivity contribution in [1.29, 1.82) is 0 Å². The number of nitrogen functional groups attached to an aromatic ring is 1. The molecule has 0 aliphatic rings. The number of nitrogens with two attached hydrogens (primary N) is 1. The highest BCUT2D eigenvalue weighted by molar-refractivity contribution is 7.91. The third-order valence-electron chi connectivity index (χ3n) is 4.50. The Bertz CT molecular complexity index is 1670. The Morgan fingerprint density at radius 1 is 0.886 bits per heavy atom. The fourth-order valence-corrected chi connectivity index (χ4v) is 5.08. The molecule has 0 aromatic heterocycles. The van der Waals surface area contributed by atoms with Crippen LogP contribution in [0, 0.1) is 0 Å². The van der Waals surface area contributed by atoms with Crippen molar-refractivity contribution in [3.63, 3.8) is 0 Å². The van der Waals surface area contributed by atoms with Gasteiger partial charge in [-0.1, -0.05) is 0 Å². The quantitative estimate of drug-likeness (QED) is 0.155. The number of anilines is 1. The number of sulfone groups is 1. The standard InChI is InChI=1S/C18H17N3O11S3/c19-11-1-3-13-10(7-11)8-16(34(26,27)28)17(18(13)23)21-20-14-4-2-12(9-15(14)22)33(24,25)6-5-32-35(29,30)31/h1-4,7-9,22-23H,5-6,19H2,(H,26,27,28)(H,29,30,31). The zero-order valence-electron chi connectivity index (χ0n) is 17.3. The molecule has 0 spiro atoms. The maximum Gasteiger partial charge on any atom is 0.397 e. The first-order valence-corrected chi connectivity index (χ1v) is 13.7. The normalized spacial score (nSPS) is 13.0. The number of phenols is 2. The summed E-state index contributed by atoms with van der Waals surface area (Å²) in [5.41, 5.74) is 4.93. The molecular formula is C18H17N3O11S3. The second-order valence-corrected chi connectivity index (χ2v) is 11.5. The van der Waals surface area contributed by atoms with Crippen LogP contribution in [0.5, 0.6) is 11.5 Å². The van der Waals surface area contributed by atoms with Crippen LogP contribution in [0.4, 0.5) is 17.1 Å². The smallest absolute Gasteiger partial charge is 0.397 e. The largest absolute Gasteiger partial charge is 0.506 e. The monoisotopic (exact) mass is 547 g/mol. The summed E-state index contributed by atoms with van der Waals surface area (Å²) < 4.78 is 91.3. The second kappa shape index (κ2) is 9.36. The molecule has 0 saturated heterocycles. The highest BCUT2D eigenvalue weighted by Crippen LogP contribution is 2.42. The van der Waals surface area contributed by atoms with Gasteiger partial charge in [0.2, 0.25) is 0 Å². The molecule has 0 atom stereocenters. The topological polar surface area (TPSA) is 243 Å². The first-order chi connectivity index (χ1) is 16.1. The van der Waals surface area contributed by atoms with E-state index in [9.17, 15) is 40.0 Å². The molecule has 14 nitrogen and oxygen atoms in total. The van der Waals surface area contributed by atoms with Crippen LogP contribution in [0.3, 0.4) is 0 Å². The molecule has 3 rings (SSSR count). The van der Waals surface area contributed by atoms with Crippen molar-refractivity contribution in [3.05, 3.63) is 42.5 Å². The van der Waals surface area contributed by atoms with Crippen molar-refractivity contribution in [2.45, 2.75) is 9.79 Å². The van der Waals surface area contributed by atoms with E-state index in [1.807, 2.05) is 0 Å². The highest BCUT2D eigenvalue weighted by atomic mass is 32.3. The third kappa shape index (κ3) is 6.21. The van der Waals surface area contributed by atoms with Gasteiger partial charge in [-0.25, -0.2) is 12.6 Å². The fraction of sp³-hybridized carbons (Fsp3) is 0.111. The van der Waals surface area contributed by atoms with Crippen LogP contribution < -0.4 is 5.73 Å². The van der Waals surface area contributed by atoms with Crippen LogP contribution >= 0.6 is 0 Å². The van der Waals surface area contributed by atoms with Gasteiger partial charge < -0.3 is 15.9 Å². The first-order valence-electron chi connectivity index (χ1n) is 9.20. The van der Waals surface area contributed by atoms with Crippen molar-refractivity contribution >= 4 is 58.2 Å². The van der Waals surface area contributed by atoms with E-state index in [4.69, 9.17) is 10.3 Å². The number of fused-ring (bicyclic) bond motifs is 1. The van der Waals surface area contributed by atoms with Crippen molar-refractivity contribution in [3.8, 4) is 11.5 Å². The molecule has 0 heterocycles. The summed E-state index contributed by atoms with van der Waals surface area (Å²) >= 11 is 0. The number of aromatic hydroxyl groups is 2. The van der Waals surface area contributed by atoms with Crippen LogP contribution in [0.2, 0.25) is 0 Å². The van der Waals surface area contributed by atoms with Crippen LogP contribution in [0.25, 0.3) is 10.8 Å². The van der Waals surface area contributed by atoms with Gasteiger partial charge in [0.25, 0.3) is 10.1 Å². The van der Waals surface area contributed by atoms with E-state index in [-0.39, 0.29) is 22.1 Å². The van der Waals surface area contributed by atoms with E-state index in [2.05, 4.69) is 14.4 Å². The van der Waals surface area contributed by atoms with Gasteiger partial charge in [-0.05, 0) is 41.8 Å². The average Bonchev–Trinajstić information content (AvgIpc) is 2.71. The molecule has 188 valence electrons. The van der Waals surface area contributed by atoms with Crippen LogP contribution in [-0.2, 0) is 34.5 Å². The third-order valence-corrected chi connectivity index (χ3v) is 7.51. The fourth-order valence-electron chi connectivity index (χ4n) is 2.92. The molecular weight excluding hydrogens is 530 g/mol. The highest BCUT2D eigenvalue weighted by Gasteiger charge is 2.23. The van der Waals surface area contributed by atoms with Gasteiger partial charge >= 0.3 is 10.4 Å². The molecule has 35 heavy (non-hydrogen) atoms. The Hall–Kier alpha value is -3.35. The molecule has 0 amide bonds. The number of benzene rings is 3. The first kappa shape index (κ1) is 26.3. The molecule has 0 fully saturated rings. The van der Waals surface area contributed by atoms with Gasteiger partial charge in [0, 0.05) is 17.1 Å². The zero-order chi connectivity index (χ0) is 26.2. The molecule has 3 aromatic carbocycles. The minimum Gasteiger partial charge on any atom is -0.506 e. The maximum absolute atomic E-state index is 12.3. The molecule has 0 saturated carbocycles. The second-order valence-electron chi connectivity index (χ2n) is 6.95. The summed E-state index contributed by atoms with van der Waals surface area (Å²) in [7, 11) is -13.9. The van der Waals surface area contributed by atoms with Crippen molar-refractivity contribution in [1.82, 2.24) is 0 Å². The lowest BCUT2D eigenvalue weighted by atomic mass is 10.1. The van der Waals surface area contributed by atoms with E-state index in [0.717, 1.165) is 24.3 Å². The Balaban J connectivity index is 1.99. The molecule has 0 aliphatic carbocycles. The number of hydrogen-bond donors (Lipinski definition) is 5. The Morgan fingerprint density at radius 2 is 1.57 bits per heavy atom. The number of hydrogen-bond acceptors (Lipinski definition) is 12. The summed E-state index contributed by atoms with van der Waals surface area (Å²) in [5.74, 6) is -2.22. The predicted molar refractivity (Wildman–Crippen MR) is 122 cm³/mol. The van der Waals surface area contributed by atoms with Crippen LogP contribution in [0.15, 0.2) is 62.5 Å². The average molecular weight is 548 g/mol. The number of rotatable bonds is 8. The molecule has 0 bridgehead atoms. The molecule has 0 aliphatic heterocycles. The van der Waals surface area contributed by atoms with E-state index in [0.29, 0.717) is 0 Å². The summed E-state index contributed by atoms with van der Waals surface area (Å²) in [6, 6.07) is 7.95. The van der Waals surface area contributed by atoms with E-state index >= 15 is 0 Å². The van der Waals surface area contributed by atoms with Crippen LogP contribution in [-0.4, -0.2) is 56.9 Å². The number of nitrogens with zero attached hydrogens (tertiary/aromatic N) is 2. The minimum atomic E-state index is -4.89. The minimum absolute atomic E-state index is 0.137. The predicted octanol–water partition coefficient (Wildman–Crippen LogP) is 2.09. The van der Waals surface area contributed by atoms with E-state index in [1.165, 1.54) is 18.2 Å². The SMILES string of the molecule is Nc1ccc2c(O)c(N=Nc3ccc(S(=O)(=O)CCOS(=O)(=O)O)cc3O)c(S(=O)(=O)O)cc2c1. The number of azo groups is 1. The lowest BCUT2D eigenvalue weighted by molar-refractivity contribution is 0.284. The molecule has 17 heteroatoms. The lowest BCUT2D eigenvalue weighted by Crippen LogP contribution is -2.15. The van der Waals surface area contributed by atoms with Gasteiger partial charge in [-0.15, -0.1) is 10.2 Å². The van der Waals surface area contributed by atoms with Gasteiger partial charge in [-0.2, -0.15) is 16.8 Å². The van der Waals surface area contributed by atoms with Crippen LogP contribution in [0.1, 0.15) is 0 Å². The molecule has 3 aromatic rings. The molecule has 0 unspecified atom stereocenters. The van der Waals surface area contributed by atoms with Gasteiger partial charge in [0.15, 0.2) is 15.6 Å². The van der Waals surface area contributed by atoms with E-state index in [1.54, 1.807) is 0 Å². The van der Waals surface area contributed by atoms with Crippen molar-refractivity contribution in [2.75, 3.05) is 18.1 Å². The van der Waals surface area contributed by atoms with Gasteiger partial charge in [0.1, 0.15) is 22.0 Å². The summed E-state index contributed by atoms with van der Waals surface area (Å²) in [6.07, 6.45) is 0. The Kier molecular flexibility index (Phi) is 7.02.